The average Bonchev–Trinajstić information content (AvgIpc) is 2.59. The molecule has 0 saturated heterocycles. The minimum absolute atomic E-state index is 0.170. The molecule has 134 valence electrons. The molecular formula is C19H22Cl2N2O2. The van der Waals surface area contributed by atoms with Crippen LogP contribution in [0.2, 0.25) is 10.0 Å². The van der Waals surface area contributed by atoms with Gasteiger partial charge in [0, 0.05) is 17.7 Å². The predicted molar refractivity (Wildman–Crippen MR) is 101 cm³/mol. The molecule has 25 heavy (non-hydrogen) atoms. The fourth-order valence-electron chi connectivity index (χ4n) is 3.17. The van der Waals surface area contributed by atoms with Gasteiger partial charge < -0.3 is 9.47 Å². The number of hydrogen-bond acceptors (Lipinski definition) is 4. The maximum atomic E-state index is 6.32. The molecule has 1 aromatic heterocycles. The van der Waals surface area contributed by atoms with E-state index in [1.165, 1.54) is 0 Å². The zero-order chi connectivity index (χ0) is 18.0. The zero-order valence-corrected chi connectivity index (χ0v) is 16.2. The Kier molecular flexibility index (Phi) is 5.82. The third-order valence-electron chi connectivity index (χ3n) is 4.62. The fraction of sp³-hybridized carbons (Fsp3) is 0.474. The topological polar surface area (TPSA) is 44.2 Å². The molecule has 1 fully saturated rings. The average molecular weight is 381 g/mol. The Morgan fingerprint density at radius 3 is 2.28 bits per heavy atom. The smallest absolute Gasteiger partial charge is 0.235 e. The summed E-state index contributed by atoms with van der Waals surface area (Å²) in [7, 11) is 1.77. The van der Waals surface area contributed by atoms with E-state index in [0.717, 1.165) is 48.3 Å². The lowest BCUT2D eigenvalue weighted by Gasteiger charge is -2.28. The van der Waals surface area contributed by atoms with Crippen LogP contribution in [0.4, 0.5) is 0 Å². The molecule has 1 aliphatic rings. The van der Waals surface area contributed by atoms with Crippen molar-refractivity contribution in [3.63, 3.8) is 0 Å². The predicted octanol–water partition coefficient (Wildman–Crippen LogP) is 5.40. The highest BCUT2D eigenvalue weighted by Gasteiger charge is 2.24. The maximum absolute atomic E-state index is 6.32. The first-order chi connectivity index (χ1) is 12.0. The van der Waals surface area contributed by atoms with E-state index < -0.39 is 0 Å². The van der Waals surface area contributed by atoms with Gasteiger partial charge in [0.1, 0.15) is 11.8 Å². The summed E-state index contributed by atoms with van der Waals surface area (Å²) in [6.45, 7) is 3.83. The second kappa shape index (κ2) is 7.90. The minimum atomic E-state index is 0.170. The first-order valence-corrected chi connectivity index (χ1v) is 9.23. The Hall–Kier alpha value is -1.36. The number of hydrogen-bond donors (Lipinski definition) is 0. The SMILES string of the molecule is COC1CCC(Oc2nc(C)c(-c3ccc(Cl)cc3Cl)nc2C)CC1. The Balaban J connectivity index is 1.81. The lowest BCUT2D eigenvalue weighted by molar-refractivity contribution is 0.0310. The van der Waals surface area contributed by atoms with E-state index in [1.807, 2.05) is 19.9 Å². The summed E-state index contributed by atoms with van der Waals surface area (Å²) in [5, 5.41) is 1.17. The van der Waals surface area contributed by atoms with Crippen LogP contribution in [0.15, 0.2) is 18.2 Å². The first kappa shape index (κ1) is 18.4. The van der Waals surface area contributed by atoms with E-state index in [0.29, 0.717) is 22.0 Å². The van der Waals surface area contributed by atoms with Crippen LogP contribution >= 0.6 is 23.2 Å². The van der Waals surface area contributed by atoms with E-state index >= 15 is 0 Å². The number of nitrogens with zero attached hydrogens (tertiary/aromatic N) is 2. The molecule has 1 aromatic carbocycles. The Labute approximate surface area is 158 Å². The van der Waals surface area contributed by atoms with Crippen LogP contribution < -0.4 is 4.74 Å². The molecule has 0 spiro atoms. The van der Waals surface area contributed by atoms with Gasteiger partial charge in [-0.25, -0.2) is 9.97 Å². The molecule has 0 amide bonds. The molecule has 1 heterocycles. The van der Waals surface area contributed by atoms with Gasteiger partial charge in [-0.1, -0.05) is 23.2 Å². The van der Waals surface area contributed by atoms with Crippen molar-refractivity contribution in [2.24, 2.45) is 0 Å². The van der Waals surface area contributed by atoms with Crippen molar-refractivity contribution < 1.29 is 9.47 Å². The standard InChI is InChI=1S/C19H22Cl2N2O2/c1-11-18(16-9-4-13(20)10-17(16)21)22-12(2)19(23-11)25-15-7-5-14(24-3)6-8-15/h4,9-10,14-15H,5-8H2,1-3H3. The summed E-state index contributed by atoms with van der Waals surface area (Å²) in [5.74, 6) is 0.604. The molecule has 3 rings (SSSR count). The van der Waals surface area contributed by atoms with Crippen molar-refractivity contribution in [2.75, 3.05) is 7.11 Å². The molecule has 0 N–H and O–H groups in total. The molecule has 0 bridgehead atoms. The van der Waals surface area contributed by atoms with E-state index in [4.69, 9.17) is 37.7 Å². The van der Waals surface area contributed by atoms with Crippen LogP contribution in [0, 0.1) is 13.8 Å². The summed E-state index contributed by atoms with van der Waals surface area (Å²) in [6, 6.07) is 5.39. The van der Waals surface area contributed by atoms with Gasteiger partial charge in [-0.2, -0.15) is 0 Å². The van der Waals surface area contributed by atoms with Crippen molar-refractivity contribution >= 4 is 23.2 Å². The molecule has 1 saturated carbocycles. The molecule has 6 heteroatoms. The van der Waals surface area contributed by atoms with Crippen LogP contribution in [-0.2, 0) is 4.74 Å². The van der Waals surface area contributed by atoms with Crippen molar-refractivity contribution in [2.45, 2.75) is 51.7 Å². The van der Waals surface area contributed by atoms with E-state index in [-0.39, 0.29) is 6.10 Å². The Morgan fingerprint density at radius 1 is 0.960 bits per heavy atom. The maximum Gasteiger partial charge on any atom is 0.235 e. The summed E-state index contributed by atoms with van der Waals surface area (Å²) in [5.41, 5.74) is 3.14. The van der Waals surface area contributed by atoms with Crippen molar-refractivity contribution in [3.8, 4) is 17.1 Å². The van der Waals surface area contributed by atoms with Crippen molar-refractivity contribution in [1.82, 2.24) is 9.97 Å². The number of halogens is 2. The highest BCUT2D eigenvalue weighted by molar-refractivity contribution is 6.36. The quantitative estimate of drug-likeness (QED) is 0.711. The number of ether oxygens (including phenoxy) is 2. The highest BCUT2D eigenvalue weighted by Crippen LogP contribution is 2.33. The van der Waals surface area contributed by atoms with Crippen LogP contribution in [0.5, 0.6) is 5.88 Å². The number of aromatic nitrogens is 2. The molecular weight excluding hydrogens is 359 g/mol. The summed E-state index contributed by atoms with van der Waals surface area (Å²) in [4.78, 5) is 9.33. The van der Waals surface area contributed by atoms with E-state index in [2.05, 4.69) is 4.98 Å². The van der Waals surface area contributed by atoms with Crippen molar-refractivity contribution in [3.05, 3.63) is 39.6 Å². The molecule has 4 nitrogen and oxygen atoms in total. The molecule has 1 aliphatic carbocycles. The zero-order valence-electron chi connectivity index (χ0n) is 14.7. The van der Waals surface area contributed by atoms with Gasteiger partial charge in [-0.3, -0.25) is 0 Å². The minimum Gasteiger partial charge on any atom is -0.473 e. The fourth-order valence-corrected chi connectivity index (χ4v) is 3.67. The number of methoxy groups -OCH3 is 1. The van der Waals surface area contributed by atoms with Gasteiger partial charge in [0.25, 0.3) is 0 Å². The molecule has 0 unspecified atom stereocenters. The number of aryl methyl sites for hydroxylation is 2. The summed E-state index contributed by atoms with van der Waals surface area (Å²) >= 11 is 12.3. The lowest BCUT2D eigenvalue weighted by Crippen LogP contribution is -2.28. The van der Waals surface area contributed by atoms with Gasteiger partial charge >= 0.3 is 0 Å². The van der Waals surface area contributed by atoms with Crippen LogP contribution in [0.25, 0.3) is 11.3 Å². The second-order valence-corrected chi connectivity index (χ2v) is 7.27. The second-order valence-electron chi connectivity index (χ2n) is 6.42. The highest BCUT2D eigenvalue weighted by atomic mass is 35.5. The Bertz CT molecular complexity index is 759. The molecule has 2 aromatic rings. The lowest BCUT2D eigenvalue weighted by atomic mass is 9.95. The third kappa shape index (κ3) is 4.25. The summed E-state index contributed by atoms with van der Waals surface area (Å²) in [6.07, 6.45) is 4.51. The summed E-state index contributed by atoms with van der Waals surface area (Å²) < 4.78 is 11.5. The normalized spacial score (nSPS) is 20.5. The molecule has 0 radical (unpaired) electrons. The van der Waals surface area contributed by atoms with Gasteiger partial charge in [0.15, 0.2) is 0 Å². The first-order valence-electron chi connectivity index (χ1n) is 8.48. The van der Waals surface area contributed by atoms with Crippen molar-refractivity contribution in [1.29, 1.82) is 0 Å². The van der Waals surface area contributed by atoms with Gasteiger partial charge in [0.2, 0.25) is 5.88 Å². The van der Waals surface area contributed by atoms with E-state index in [9.17, 15) is 0 Å². The van der Waals surface area contributed by atoms with Gasteiger partial charge in [-0.05, 0) is 57.7 Å². The van der Waals surface area contributed by atoms with Crippen LogP contribution in [0.3, 0.4) is 0 Å². The largest absolute Gasteiger partial charge is 0.473 e. The van der Waals surface area contributed by atoms with Crippen LogP contribution in [0.1, 0.15) is 37.1 Å². The van der Waals surface area contributed by atoms with Gasteiger partial charge in [-0.15, -0.1) is 0 Å². The van der Waals surface area contributed by atoms with E-state index in [1.54, 1.807) is 19.2 Å². The monoisotopic (exact) mass is 380 g/mol. The van der Waals surface area contributed by atoms with Crippen LogP contribution in [-0.4, -0.2) is 29.3 Å². The Morgan fingerprint density at radius 2 is 1.64 bits per heavy atom. The van der Waals surface area contributed by atoms with Gasteiger partial charge in [0.05, 0.1) is 22.5 Å². The molecule has 0 atom stereocenters. The molecule has 0 aliphatic heterocycles. The third-order valence-corrected chi connectivity index (χ3v) is 5.17. The number of benzene rings is 1. The number of rotatable bonds is 4.